The van der Waals surface area contributed by atoms with Crippen LogP contribution in [-0.4, -0.2) is 19.5 Å². The van der Waals surface area contributed by atoms with Crippen LogP contribution in [0.3, 0.4) is 0 Å². The number of nitrogens with zero attached hydrogens (tertiary/aromatic N) is 4. The molecule has 5 heteroatoms. The van der Waals surface area contributed by atoms with Crippen LogP contribution in [0, 0.1) is 0 Å². The summed E-state index contributed by atoms with van der Waals surface area (Å²) in [6.07, 6.45) is 0. The number of halogens is 1. The molecule has 0 fully saturated rings. The van der Waals surface area contributed by atoms with Gasteiger partial charge in [0, 0.05) is 38.5 Å². The minimum absolute atomic E-state index is 0.538. The average Bonchev–Trinajstić information content (AvgIpc) is 3.45. The molecule has 0 spiro atoms. The van der Waals surface area contributed by atoms with E-state index in [0.29, 0.717) is 22.5 Å². The molecule has 0 aliphatic heterocycles. The normalized spacial score (nSPS) is 11.6. The first-order valence-electron chi connectivity index (χ1n) is 15.2. The van der Waals surface area contributed by atoms with Crippen molar-refractivity contribution >= 4 is 55.0 Å². The van der Waals surface area contributed by atoms with Gasteiger partial charge in [-0.2, -0.15) is 0 Å². The van der Waals surface area contributed by atoms with Gasteiger partial charge in [0.2, 0.25) is 0 Å². The third-order valence-electron chi connectivity index (χ3n) is 8.69. The molecular formula is C41H25ClN4. The zero-order valence-corrected chi connectivity index (χ0v) is 25.4. The van der Waals surface area contributed by atoms with Gasteiger partial charge in [-0.3, -0.25) is 0 Å². The third-order valence-corrected chi connectivity index (χ3v) is 9.10. The first-order valence-corrected chi connectivity index (χ1v) is 15.6. The standard InChI is InChI=1S/C41H25ClN4/c42-38-32-15-7-6-11-27(32)20-22-34(38)41-44-39(29-19-18-26-10-4-5-12-28(26)24-29)43-40(45-41)30-21-23-37-35(25-30)33-16-8-9-17-36(33)46(37)31-13-2-1-3-14-31/h1-25H. The molecular weight excluding hydrogens is 584 g/mol. The van der Waals surface area contributed by atoms with E-state index in [1.807, 2.05) is 42.5 Å². The Morgan fingerprint density at radius 1 is 0.413 bits per heavy atom. The number of fused-ring (bicyclic) bond motifs is 5. The number of para-hydroxylation sites is 2. The Morgan fingerprint density at radius 2 is 1.00 bits per heavy atom. The van der Waals surface area contributed by atoms with E-state index in [2.05, 4.69) is 114 Å². The van der Waals surface area contributed by atoms with E-state index >= 15 is 0 Å². The van der Waals surface area contributed by atoms with E-state index < -0.39 is 0 Å². The zero-order chi connectivity index (χ0) is 30.6. The molecule has 9 rings (SSSR count). The summed E-state index contributed by atoms with van der Waals surface area (Å²) in [6, 6.07) is 52.3. The molecule has 9 aromatic rings. The second-order valence-corrected chi connectivity index (χ2v) is 11.8. The first kappa shape index (κ1) is 26.6. The van der Waals surface area contributed by atoms with E-state index in [1.54, 1.807) is 0 Å². The lowest BCUT2D eigenvalue weighted by Crippen LogP contribution is -2.01. The van der Waals surface area contributed by atoms with Crippen LogP contribution in [0.4, 0.5) is 0 Å². The molecule has 216 valence electrons. The van der Waals surface area contributed by atoms with Gasteiger partial charge in [0.05, 0.1) is 16.1 Å². The molecule has 0 bridgehead atoms. The number of aromatic nitrogens is 4. The Balaban J connectivity index is 1.28. The van der Waals surface area contributed by atoms with Gasteiger partial charge in [0.25, 0.3) is 0 Å². The Morgan fingerprint density at radius 3 is 1.83 bits per heavy atom. The number of hydrogen-bond acceptors (Lipinski definition) is 3. The van der Waals surface area contributed by atoms with E-state index in [1.165, 1.54) is 10.8 Å². The molecule has 0 unspecified atom stereocenters. The predicted molar refractivity (Wildman–Crippen MR) is 190 cm³/mol. The molecule has 0 saturated heterocycles. The molecule has 0 saturated carbocycles. The Hall–Kier alpha value is -5.84. The maximum Gasteiger partial charge on any atom is 0.165 e. The van der Waals surface area contributed by atoms with Crippen LogP contribution in [0.15, 0.2) is 152 Å². The van der Waals surface area contributed by atoms with Crippen LogP contribution in [0.5, 0.6) is 0 Å². The molecule has 2 aromatic heterocycles. The zero-order valence-electron chi connectivity index (χ0n) is 24.6. The maximum absolute atomic E-state index is 7.05. The van der Waals surface area contributed by atoms with Crippen molar-refractivity contribution in [1.82, 2.24) is 19.5 Å². The third kappa shape index (κ3) is 4.34. The quantitative estimate of drug-likeness (QED) is 0.200. The monoisotopic (exact) mass is 608 g/mol. The second kappa shape index (κ2) is 10.7. The summed E-state index contributed by atoms with van der Waals surface area (Å²) in [5.74, 6) is 1.73. The van der Waals surface area contributed by atoms with Gasteiger partial charge in [-0.1, -0.05) is 115 Å². The highest BCUT2D eigenvalue weighted by atomic mass is 35.5. The molecule has 0 aliphatic carbocycles. The lowest BCUT2D eigenvalue weighted by atomic mass is 10.0. The number of hydrogen-bond donors (Lipinski definition) is 0. The number of benzene rings is 7. The summed E-state index contributed by atoms with van der Waals surface area (Å²) in [5.41, 5.74) is 5.99. The van der Waals surface area contributed by atoms with Gasteiger partial charge >= 0.3 is 0 Å². The van der Waals surface area contributed by atoms with Gasteiger partial charge in [0.1, 0.15) is 0 Å². The van der Waals surface area contributed by atoms with Gasteiger partial charge in [-0.05, 0) is 64.7 Å². The Labute approximate surface area is 270 Å². The SMILES string of the molecule is Clc1c(-c2nc(-c3ccc4ccccc4c3)nc(-c3ccc4c(c3)c3ccccc3n4-c3ccccc3)n2)ccc2ccccc12. The van der Waals surface area contributed by atoms with Crippen molar-refractivity contribution in [3.8, 4) is 39.9 Å². The fraction of sp³-hybridized carbons (Fsp3) is 0. The van der Waals surface area contributed by atoms with Crippen molar-refractivity contribution < 1.29 is 0 Å². The van der Waals surface area contributed by atoms with Gasteiger partial charge in [-0.15, -0.1) is 0 Å². The van der Waals surface area contributed by atoms with Crippen molar-refractivity contribution in [3.05, 3.63) is 157 Å². The van der Waals surface area contributed by atoms with Crippen molar-refractivity contribution in [1.29, 1.82) is 0 Å². The van der Waals surface area contributed by atoms with Crippen molar-refractivity contribution in [3.63, 3.8) is 0 Å². The molecule has 0 amide bonds. The van der Waals surface area contributed by atoms with Crippen LogP contribution in [-0.2, 0) is 0 Å². The fourth-order valence-electron chi connectivity index (χ4n) is 6.46. The van der Waals surface area contributed by atoms with Crippen molar-refractivity contribution in [2.24, 2.45) is 0 Å². The number of rotatable bonds is 4. The van der Waals surface area contributed by atoms with Gasteiger partial charge < -0.3 is 4.57 Å². The first-order chi connectivity index (χ1) is 22.7. The summed E-state index contributed by atoms with van der Waals surface area (Å²) >= 11 is 7.05. The maximum atomic E-state index is 7.05. The highest BCUT2D eigenvalue weighted by Crippen LogP contribution is 2.37. The fourth-order valence-corrected chi connectivity index (χ4v) is 6.78. The minimum atomic E-state index is 0.538. The highest BCUT2D eigenvalue weighted by molar-refractivity contribution is 6.38. The van der Waals surface area contributed by atoms with Crippen LogP contribution in [0.25, 0.3) is 83.2 Å². The van der Waals surface area contributed by atoms with E-state index in [0.717, 1.165) is 55.0 Å². The van der Waals surface area contributed by atoms with Crippen LogP contribution >= 0.6 is 11.6 Å². The summed E-state index contributed by atoms with van der Waals surface area (Å²) in [6.45, 7) is 0. The van der Waals surface area contributed by atoms with E-state index in [-0.39, 0.29) is 0 Å². The van der Waals surface area contributed by atoms with Crippen LogP contribution < -0.4 is 0 Å². The van der Waals surface area contributed by atoms with E-state index in [4.69, 9.17) is 26.6 Å². The Kier molecular flexibility index (Phi) is 6.15. The lowest BCUT2D eigenvalue weighted by molar-refractivity contribution is 1.08. The molecule has 0 radical (unpaired) electrons. The van der Waals surface area contributed by atoms with Crippen LogP contribution in [0.2, 0.25) is 5.02 Å². The molecule has 0 aliphatic rings. The summed E-state index contributed by atoms with van der Waals surface area (Å²) in [5, 5.41) is 7.26. The van der Waals surface area contributed by atoms with Gasteiger partial charge in [0.15, 0.2) is 17.5 Å². The minimum Gasteiger partial charge on any atom is -0.309 e. The average molecular weight is 609 g/mol. The second-order valence-electron chi connectivity index (χ2n) is 11.4. The molecule has 0 N–H and O–H groups in total. The van der Waals surface area contributed by atoms with Crippen molar-refractivity contribution in [2.45, 2.75) is 0 Å². The van der Waals surface area contributed by atoms with Crippen LogP contribution in [0.1, 0.15) is 0 Å². The van der Waals surface area contributed by atoms with Gasteiger partial charge in [-0.25, -0.2) is 15.0 Å². The smallest absolute Gasteiger partial charge is 0.165 e. The molecule has 4 nitrogen and oxygen atoms in total. The lowest BCUT2D eigenvalue weighted by Gasteiger charge is -2.12. The highest BCUT2D eigenvalue weighted by Gasteiger charge is 2.18. The molecule has 7 aromatic carbocycles. The molecule has 0 atom stereocenters. The largest absolute Gasteiger partial charge is 0.309 e. The summed E-state index contributed by atoms with van der Waals surface area (Å²) in [7, 11) is 0. The molecule has 46 heavy (non-hydrogen) atoms. The topological polar surface area (TPSA) is 43.6 Å². The molecule has 2 heterocycles. The summed E-state index contributed by atoms with van der Waals surface area (Å²) in [4.78, 5) is 15.2. The van der Waals surface area contributed by atoms with Crippen molar-refractivity contribution in [2.75, 3.05) is 0 Å². The summed E-state index contributed by atoms with van der Waals surface area (Å²) < 4.78 is 2.31. The predicted octanol–water partition coefficient (Wildman–Crippen LogP) is 10.9. The van der Waals surface area contributed by atoms with E-state index in [9.17, 15) is 0 Å². The Bertz CT molecular complexity index is 2610.